The monoisotopic (exact) mass is 213 g/mol. The van der Waals surface area contributed by atoms with Crippen LogP contribution in [-0.2, 0) is 0 Å². The van der Waals surface area contributed by atoms with Gasteiger partial charge in [-0.05, 0) is 43.0 Å². The van der Waals surface area contributed by atoms with Gasteiger partial charge in [-0.25, -0.2) is 4.39 Å². The second-order valence-corrected chi connectivity index (χ2v) is 4.23. The third-order valence-electron chi connectivity index (χ3n) is 2.76. The van der Waals surface area contributed by atoms with Crippen LogP contribution >= 0.6 is 11.6 Å². The van der Waals surface area contributed by atoms with Gasteiger partial charge in [-0.3, -0.25) is 0 Å². The lowest BCUT2D eigenvalue weighted by Crippen LogP contribution is -2.08. The first-order chi connectivity index (χ1) is 6.68. The molecule has 1 N–H and O–H groups in total. The molecule has 1 nitrogen and oxygen atoms in total. The molecule has 0 amide bonds. The SMILES string of the molecule is Cc1cc(C2CCNC2)cc(Cl)c1F. The van der Waals surface area contributed by atoms with E-state index in [-0.39, 0.29) is 10.8 Å². The van der Waals surface area contributed by atoms with Gasteiger partial charge in [-0.15, -0.1) is 0 Å². The summed E-state index contributed by atoms with van der Waals surface area (Å²) in [7, 11) is 0. The van der Waals surface area contributed by atoms with Gasteiger partial charge in [0.2, 0.25) is 0 Å². The van der Waals surface area contributed by atoms with E-state index in [0.717, 1.165) is 25.1 Å². The fraction of sp³-hybridized carbons (Fsp3) is 0.455. The number of halogens is 2. The van der Waals surface area contributed by atoms with Crippen LogP contribution in [0, 0.1) is 12.7 Å². The number of aryl methyl sites for hydroxylation is 1. The van der Waals surface area contributed by atoms with Crippen LogP contribution in [0.5, 0.6) is 0 Å². The van der Waals surface area contributed by atoms with Gasteiger partial charge in [0.05, 0.1) is 5.02 Å². The van der Waals surface area contributed by atoms with E-state index in [1.165, 1.54) is 0 Å². The molecule has 14 heavy (non-hydrogen) atoms. The van der Waals surface area contributed by atoms with E-state index in [1.807, 2.05) is 6.07 Å². The Morgan fingerprint density at radius 1 is 1.50 bits per heavy atom. The molecule has 1 aromatic carbocycles. The summed E-state index contributed by atoms with van der Waals surface area (Å²) in [4.78, 5) is 0. The smallest absolute Gasteiger partial charge is 0.144 e. The van der Waals surface area contributed by atoms with E-state index >= 15 is 0 Å². The van der Waals surface area contributed by atoms with Crippen molar-refractivity contribution >= 4 is 11.6 Å². The molecule has 1 aliphatic rings. The van der Waals surface area contributed by atoms with Crippen LogP contribution in [0.2, 0.25) is 5.02 Å². The largest absolute Gasteiger partial charge is 0.316 e. The highest BCUT2D eigenvalue weighted by molar-refractivity contribution is 6.30. The molecule has 0 spiro atoms. The molecule has 1 heterocycles. The maximum Gasteiger partial charge on any atom is 0.144 e. The Balaban J connectivity index is 2.34. The maximum atomic E-state index is 13.3. The first-order valence-electron chi connectivity index (χ1n) is 4.84. The summed E-state index contributed by atoms with van der Waals surface area (Å²) >= 11 is 5.80. The van der Waals surface area contributed by atoms with Crippen molar-refractivity contribution in [2.24, 2.45) is 0 Å². The van der Waals surface area contributed by atoms with E-state index in [2.05, 4.69) is 5.32 Å². The summed E-state index contributed by atoms with van der Waals surface area (Å²) in [6.45, 7) is 3.77. The number of hydrogen-bond donors (Lipinski definition) is 1. The fourth-order valence-corrected chi connectivity index (χ4v) is 2.20. The van der Waals surface area contributed by atoms with Crippen LogP contribution in [0.3, 0.4) is 0 Å². The molecule has 2 rings (SSSR count). The van der Waals surface area contributed by atoms with Crippen molar-refractivity contribution in [1.82, 2.24) is 5.32 Å². The molecule has 1 fully saturated rings. The first-order valence-corrected chi connectivity index (χ1v) is 5.22. The van der Waals surface area contributed by atoms with Crippen LogP contribution in [-0.4, -0.2) is 13.1 Å². The molecule has 1 atom stereocenters. The van der Waals surface area contributed by atoms with Gasteiger partial charge < -0.3 is 5.32 Å². The lowest BCUT2D eigenvalue weighted by atomic mass is 9.97. The molecular weight excluding hydrogens is 201 g/mol. The number of nitrogens with one attached hydrogen (secondary N) is 1. The molecule has 1 aliphatic heterocycles. The predicted octanol–water partition coefficient (Wildman–Crippen LogP) is 2.86. The van der Waals surface area contributed by atoms with E-state index in [1.54, 1.807) is 13.0 Å². The van der Waals surface area contributed by atoms with Crippen molar-refractivity contribution in [2.45, 2.75) is 19.3 Å². The maximum absolute atomic E-state index is 13.3. The Morgan fingerprint density at radius 2 is 2.29 bits per heavy atom. The number of hydrogen-bond acceptors (Lipinski definition) is 1. The highest BCUT2D eigenvalue weighted by Gasteiger charge is 2.18. The molecule has 0 aromatic heterocycles. The van der Waals surface area contributed by atoms with Crippen molar-refractivity contribution < 1.29 is 4.39 Å². The van der Waals surface area contributed by atoms with Crippen LogP contribution in [0.1, 0.15) is 23.5 Å². The van der Waals surface area contributed by atoms with Gasteiger partial charge in [0.15, 0.2) is 0 Å². The zero-order valence-electron chi connectivity index (χ0n) is 8.11. The van der Waals surface area contributed by atoms with Gasteiger partial charge in [-0.2, -0.15) is 0 Å². The Morgan fingerprint density at radius 3 is 2.86 bits per heavy atom. The molecule has 76 valence electrons. The molecule has 0 saturated carbocycles. The second kappa shape index (κ2) is 3.87. The average molecular weight is 214 g/mol. The quantitative estimate of drug-likeness (QED) is 0.757. The van der Waals surface area contributed by atoms with Gasteiger partial charge in [-0.1, -0.05) is 17.7 Å². The van der Waals surface area contributed by atoms with Crippen molar-refractivity contribution in [3.63, 3.8) is 0 Å². The summed E-state index contributed by atoms with van der Waals surface area (Å²) in [5.74, 6) is 0.202. The van der Waals surface area contributed by atoms with Gasteiger partial charge in [0.1, 0.15) is 5.82 Å². The fourth-order valence-electron chi connectivity index (χ4n) is 1.93. The average Bonchev–Trinajstić information content (AvgIpc) is 2.66. The van der Waals surface area contributed by atoms with Crippen LogP contribution in [0.4, 0.5) is 4.39 Å². The Bertz CT molecular complexity index is 322. The number of rotatable bonds is 1. The van der Waals surface area contributed by atoms with E-state index in [0.29, 0.717) is 11.5 Å². The van der Waals surface area contributed by atoms with Crippen LogP contribution < -0.4 is 5.32 Å². The second-order valence-electron chi connectivity index (χ2n) is 3.82. The van der Waals surface area contributed by atoms with E-state index in [4.69, 9.17) is 11.6 Å². The number of benzene rings is 1. The minimum Gasteiger partial charge on any atom is -0.316 e. The molecule has 3 heteroatoms. The minimum absolute atomic E-state index is 0.243. The zero-order chi connectivity index (χ0) is 10.1. The molecule has 0 bridgehead atoms. The zero-order valence-corrected chi connectivity index (χ0v) is 8.87. The summed E-state index contributed by atoms with van der Waals surface area (Å²) in [6, 6.07) is 3.65. The predicted molar refractivity (Wildman–Crippen MR) is 56.4 cm³/mol. The van der Waals surface area contributed by atoms with Crippen molar-refractivity contribution in [2.75, 3.05) is 13.1 Å². The van der Waals surface area contributed by atoms with Crippen molar-refractivity contribution in [1.29, 1.82) is 0 Å². The summed E-state index contributed by atoms with van der Waals surface area (Å²) < 4.78 is 13.3. The Kier molecular flexibility index (Phi) is 2.75. The van der Waals surface area contributed by atoms with Crippen LogP contribution in [0.25, 0.3) is 0 Å². The third-order valence-corrected chi connectivity index (χ3v) is 3.04. The Hall–Kier alpha value is -0.600. The lowest BCUT2D eigenvalue weighted by Gasteiger charge is -2.11. The molecule has 1 aromatic rings. The first kappa shape index (κ1) is 9.94. The van der Waals surface area contributed by atoms with Gasteiger partial charge >= 0.3 is 0 Å². The standard InChI is InChI=1S/C11H13ClFN/c1-7-4-9(5-10(12)11(7)13)8-2-3-14-6-8/h4-5,8,14H,2-3,6H2,1H3. The van der Waals surface area contributed by atoms with Crippen LogP contribution in [0.15, 0.2) is 12.1 Å². The van der Waals surface area contributed by atoms with E-state index in [9.17, 15) is 4.39 Å². The molecule has 1 unspecified atom stereocenters. The van der Waals surface area contributed by atoms with Gasteiger partial charge in [0.25, 0.3) is 0 Å². The topological polar surface area (TPSA) is 12.0 Å². The van der Waals surface area contributed by atoms with E-state index < -0.39 is 0 Å². The summed E-state index contributed by atoms with van der Waals surface area (Å²) in [5, 5.41) is 3.53. The van der Waals surface area contributed by atoms with Gasteiger partial charge in [0, 0.05) is 6.54 Å². The molecule has 0 aliphatic carbocycles. The van der Waals surface area contributed by atoms with Crippen molar-refractivity contribution in [3.8, 4) is 0 Å². The van der Waals surface area contributed by atoms with Crippen molar-refractivity contribution in [3.05, 3.63) is 34.1 Å². The Labute approximate surface area is 88.3 Å². The lowest BCUT2D eigenvalue weighted by molar-refractivity contribution is 0.616. The molecule has 0 radical (unpaired) electrons. The minimum atomic E-state index is -0.290. The third kappa shape index (κ3) is 1.77. The highest BCUT2D eigenvalue weighted by atomic mass is 35.5. The highest BCUT2D eigenvalue weighted by Crippen LogP contribution is 2.28. The molecule has 1 saturated heterocycles. The summed E-state index contributed by atoms with van der Waals surface area (Å²) in [5.41, 5.74) is 1.79. The normalized spacial score (nSPS) is 21.5. The summed E-state index contributed by atoms with van der Waals surface area (Å²) in [6.07, 6.45) is 1.11. The molecular formula is C11H13ClFN.